The second kappa shape index (κ2) is 4.75. The highest BCUT2D eigenvalue weighted by atomic mass is 16.1. The summed E-state index contributed by atoms with van der Waals surface area (Å²) in [5.74, 6) is -0.104. The summed E-state index contributed by atoms with van der Waals surface area (Å²) in [5.41, 5.74) is 1.33. The van der Waals surface area contributed by atoms with Crippen molar-refractivity contribution in [1.82, 2.24) is 10.3 Å². The summed E-state index contributed by atoms with van der Waals surface area (Å²) in [4.78, 5) is 16.0. The number of fused-ring (bicyclic) bond motifs is 1. The minimum absolute atomic E-state index is 0.104. The first-order valence-electron chi connectivity index (χ1n) is 5.45. The summed E-state index contributed by atoms with van der Waals surface area (Å²) in [6.45, 7) is 2.71. The van der Waals surface area contributed by atoms with Crippen molar-refractivity contribution in [2.75, 3.05) is 6.54 Å². The smallest absolute Gasteiger partial charge is 0.269 e. The highest BCUT2D eigenvalue weighted by molar-refractivity contribution is 5.94. The van der Waals surface area contributed by atoms with E-state index in [1.54, 1.807) is 6.07 Å². The maximum atomic E-state index is 11.7. The van der Waals surface area contributed by atoms with E-state index in [0.717, 1.165) is 17.3 Å². The van der Waals surface area contributed by atoms with Crippen molar-refractivity contribution in [2.24, 2.45) is 0 Å². The molecule has 82 valence electrons. The van der Waals surface area contributed by atoms with Gasteiger partial charge in [-0.1, -0.05) is 31.2 Å². The maximum Gasteiger partial charge on any atom is 0.269 e. The fraction of sp³-hybridized carbons (Fsp3) is 0.231. The van der Waals surface area contributed by atoms with Crippen molar-refractivity contribution in [3.8, 4) is 0 Å². The van der Waals surface area contributed by atoms with E-state index < -0.39 is 0 Å². The van der Waals surface area contributed by atoms with Crippen LogP contribution in [0.3, 0.4) is 0 Å². The van der Waals surface area contributed by atoms with Gasteiger partial charge in [0.15, 0.2) is 0 Å². The Morgan fingerprint density at radius 2 is 2.06 bits per heavy atom. The summed E-state index contributed by atoms with van der Waals surface area (Å²) in [6.07, 6.45) is 0.930. The molecule has 0 saturated carbocycles. The molecule has 0 aliphatic rings. The average molecular weight is 214 g/mol. The zero-order valence-electron chi connectivity index (χ0n) is 9.23. The van der Waals surface area contributed by atoms with Gasteiger partial charge >= 0.3 is 0 Å². The molecule has 16 heavy (non-hydrogen) atoms. The molecule has 0 radical (unpaired) electrons. The lowest BCUT2D eigenvalue weighted by Crippen LogP contribution is -2.24. The first-order chi connectivity index (χ1) is 7.81. The monoisotopic (exact) mass is 214 g/mol. The van der Waals surface area contributed by atoms with Crippen LogP contribution in [0.2, 0.25) is 0 Å². The van der Waals surface area contributed by atoms with E-state index >= 15 is 0 Å². The fourth-order valence-electron chi connectivity index (χ4n) is 1.52. The molecule has 1 aromatic heterocycles. The van der Waals surface area contributed by atoms with E-state index in [1.807, 2.05) is 37.3 Å². The van der Waals surface area contributed by atoms with Gasteiger partial charge in [0.05, 0.1) is 5.52 Å². The Hall–Kier alpha value is -1.90. The Morgan fingerprint density at radius 1 is 1.25 bits per heavy atom. The third-order valence-electron chi connectivity index (χ3n) is 2.37. The molecule has 2 aromatic rings. The van der Waals surface area contributed by atoms with Crippen molar-refractivity contribution in [3.05, 3.63) is 42.1 Å². The third-order valence-corrected chi connectivity index (χ3v) is 2.37. The van der Waals surface area contributed by atoms with Crippen LogP contribution in [-0.4, -0.2) is 17.4 Å². The number of carbonyl (C=O) groups excluding carboxylic acids is 1. The number of carbonyl (C=O) groups is 1. The van der Waals surface area contributed by atoms with Crippen LogP contribution in [0.15, 0.2) is 36.4 Å². The van der Waals surface area contributed by atoms with E-state index in [9.17, 15) is 4.79 Å². The molecule has 3 heteroatoms. The standard InChI is InChI=1S/C13H14N2O/c1-2-9-14-13(16)12-8-7-10-5-3-4-6-11(10)15-12/h3-8H,2,9H2,1H3,(H,14,16). The fourth-order valence-corrected chi connectivity index (χ4v) is 1.52. The lowest BCUT2D eigenvalue weighted by molar-refractivity contribution is 0.0949. The van der Waals surface area contributed by atoms with Crippen LogP contribution in [0.1, 0.15) is 23.8 Å². The van der Waals surface area contributed by atoms with Gasteiger partial charge in [-0.2, -0.15) is 0 Å². The molecule has 0 unspecified atom stereocenters. The normalized spacial score (nSPS) is 10.3. The number of hydrogen-bond acceptors (Lipinski definition) is 2. The molecular weight excluding hydrogens is 200 g/mol. The van der Waals surface area contributed by atoms with Gasteiger partial charge in [0.1, 0.15) is 5.69 Å². The zero-order valence-corrected chi connectivity index (χ0v) is 9.23. The number of amides is 1. The molecule has 2 rings (SSSR count). The van der Waals surface area contributed by atoms with Crippen LogP contribution in [0.4, 0.5) is 0 Å². The van der Waals surface area contributed by atoms with Gasteiger partial charge in [-0.25, -0.2) is 4.98 Å². The number of hydrogen-bond donors (Lipinski definition) is 1. The summed E-state index contributed by atoms with van der Waals surface area (Å²) < 4.78 is 0. The topological polar surface area (TPSA) is 42.0 Å². The van der Waals surface area contributed by atoms with E-state index in [1.165, 1.54) is 0 Å². The molecule has 0 fully saturated rings. The largest absolute Gasteiger partial charge is 0.351 e. The molecule has 0 atom stereocenters. The van der Waals surface area contributed by atoms with Gasteiger partial charge in [0.2, 0.25) is 0 Å². The molecule has 0 aliphatic heterocycles. The molecule has 1 N–H and O–H groups in total. The average Bonchev–Trinajstić information content (AvgIpc) is 2.35. The molecule has 1 amide bonds. The number of rotatable bonds is 3. The van der Waals surface area contributed by atoms with Crippen LogP contribution in [0, 0.1) is 0 Å². The van der Waals surface area contributed by atoms with Crippen molar-refractivity contribution < 1.29 is 4.79 Å². The zero-order chi connectivity index (χ0) is 11.4. The van der Waals surface area contributed by atoms with Crippen molar-refractivity contribution in [3.63, 3.8) is 0 Å². The summed E-state index contributed by atoms with van der Waals surface area (Å²) in [7, 11) is 0. The van der Waals surface area contributed by atoms with E-state index in [2.05, 4.69) is 10.3 Å². The first-order valence-corrected chi connectivity index (χ1v) is 5.45. The first kappa shape index (κ1) is 10.6. The Morgan fingerprint density at radius 3 is 2.88 bits per heavy atom. The Labute approximate surface area is 94.5 Å². The van der Waals surface area contributed by atoms with Gasteiger partial charge < -0.3 is 5.32 Å². The SMILES string of the molecule is CCCNC(=O)c1ccc2ccccc2n1. The van der Waals surface area contributed by atoms with Crippen molar-refractivity contribution in [2.45, 2.75) is 13.3 Å². The van der Waals surface area contributed by atoms with E-state index in [-0.39, 0.29) is 5.91 Å². The van der Waals surface area contributed by atoms with Crippen LogP contribution >= 0.6 is 0 Å². The van der Waals surface area contributed by atoms with Gasteiger partial charge in [-0.15, -0.1) is 0 Å². The highest BCUT2D eigenvalue weighted by Gasteiger charge is 2.06. The predicted molar refractivity (Wildman–Crippen MR) is 64.4 cm³/mol. The molecule has 0 saturated heterocycles. The summed E-state index contributed by atoms with van der Waals surface area (Å²) in [6, 6.07) is 11.4. The van der Waals surface area contributed by atoms with Crippen molar-refractivity contribution >= 4 is 16.8 Å². The lowest BCUT2D eigenvalue weighted by Gasteiger charge is -2.03. The highest BCUT2D eigenvalue weighted by Crippen LogP contribution is 2.11. The lowest BCUT2D eigenvalue weighted by atomic mass is 10.2. The van der Waals surface area contributed by atoms with Gasteiger partial charge in [0.25, 0.3) is 5.91 Å². The van der Waals surface area contributed by atoms with Crippen LogP contribution in [0.5, 0.6) is 0 Å². The molecule has 0 bridgehead atoms. The predicted octanol–water partition coefficient (Wildman–Crippen LogP) is 2.37. The minimum atomic E-state index is -0.104. The molecular formula is C13H14N2O. The number of para-hydroxylation sites is 1. The van der Waals surface area contributed by atoms with Gasteiger partial charge in [-0.05, 0) is 18.6 Å². The van der Waals surface area contributed by atoms with Gasteiger partial charge in [-0.3, -0.25) is 4.79 Å². The number of benzene rings is 1. The van der Waals surface area contributed by atoms with E-state index in [0.29, 0.717) is 12.2 Å². The van der Waals surface area contributed by atoms with Crippen LogP contribution < -0.4 is 5.32 Å². The molecule has 1 aromatic carbocycles. The molecule has 1 heterocycles. The Balaban J connectivity index is 2.28. The maximum absolute atomic E-state index is 11.7. The minimum Gasteiger partial charge on any atom is -0.351 e. The van der Waals surface area contributed by atoms with Crippen LogP contribution in [-0.2, 0) is 0 Å². The number of pyridine rings is 1. The third kappa shape index (κ3) is 2.19. The Bertz CT molecular complexity index is 508. The Kier molecular flexibility index (Phi) is 3.15. The number of nitrogens with one attached hydrogen (secondary N) is 1. The molecule has 3 nitrogen and oxygen atoms in total. The number of aromatic nitrogens is 1. The summed E-state index contributed by atoms with van der Waals surface area (Å²) in [5, 5.41) is 3.86. The van der Waals surface area contributed by atoms with Crippen molar-refractivity contribution in [1.29, 1.82) is 0 Å². The quantitative estimate of drug-likeness (QED) is 0.852. The molecule has 0 aliphatic carbocycles. The number of nitrogens with zero attached hydrogens (tertiary/aromatic N) is 1. The second-order valence-electron chi connectivity index (χ2n) is 3.65. The van der Waals surface area contributed by atoms with Gasteiger partial charge in [0, 0.05) is 11.9 Å². The van der Waals surface area contributed by atoms with Crippen LogP contribution in [0.25, 0.3) is 10.9 Å². The second-order valence-corrected chi connectivity index (χ2v) is 3.65. The molecule has 0 spiro atoms. The van der Waals surface area contributed by atoms with E-state index in [4.69, 9.17) is 0 Å². The summed E-state index contributed by atoms with van der Waals surface area (Å²) >= 11 is 0.